The summed E-state index contributed by atoms with van der Waals surface area (Å²) in [5.41, 5.74) is 1.37. The summed E-state index contributed by atoms with van der Waals surface area (Å²) >= 11 is 1.49. The Labute approximate surface area is 339 Å². The van der Waals surface area contributed by atoms with Gasteiger partial charge < -0.3 is 13.3 Å². The lowest BCUT2D eigenvalue weighted by atomic mass is 9.92. The predicted octanol–water partition coefficient (Wildman–Crippen LogP) is 13.8. The maximum Gasteiger partial charge on any atom is 0.534 e. The molecule has 286 valence electrons. The lowest BCUT2D eigenvalue weighted by molar-refractivity contribution is -0.0499. The highest BCUT2D eigenvalue weighted by Gasteiger charge is 2.49. The molecule has 8 aromatic carbocycles. The Morgan fingerprint density at radius 1 is 0.475 bits per heavy atom. The van der Waals surface area contributed by atoms with E-state index in [1.807, 2.05) is 170 Å². The van der Waals surface area contributed by atoms with Crippen LogP contribution in [0.4, 0.5) is 13.2 Å². The molecule has 5 nitrogen and oxygen atoms in total. The standard InChI is InChI=1S/C49H29F3N2O3S2/c50-49(51,52)59(55,56)57-48-37(30-23-25-42-38(27-30)34-17-7-10-20-40(34)53(42)32-13-3-1-4-14-32)29-45-47(36-19-9-12-22-44(36)58-45)46(48)31-24-26-43-39(28-31)35-18-8-11-21-41(35)54(43)33-15-5-2-6-16-33/h1-29H. The van der Waals surface area contributed by atoms with Crippen LogP contribution < -0.4 is 4.18 Å². The van der Waals surface area contributed by atoms with E-state index in [2.05, 4.69) is 9.13 Å². The van der Waals surface area contributed by atoms with Crippen LogP contribution in [0.3, 0.4) is 0 Å². The summed E-state index contributed by atoms with van der Waals surface area (Å²) in [5, 5.41) is 4.94. The van der Waals surface area contributed by atoms with Gasteiger partial charge in [0.1, 0.15) is 0 Å². The molecule has 11 aromatic rings. The normalized spacial score (nSPS) is 12.5. The first kappa shape index (κ1) is 35.3. The van der Waals surface area contributed by atoms with Gasteiger partial charge in [0, 0.05) is 64.2 Å². The van der Waals surface area contributed by atoms with Crippen molar-refractivity contribution in [2.24, 2.45) is 0 Å². The van der Waals surface area contributed by atoms with Gasteiger partial charge >= 0.3 is 15.6 Å². The van der Waals surface area contributed by atoms with Crippen molar-refractivity contribution in [1.29, 1.82) is 0 Å². The molecule has 0 aliphatic carbocycles. The molecule has 0 saturated heterocycles. The van der Waals surface area contributed by atoms with Crippen LogP contribution in [0.2, 0.25) is 0 Å². The highest BCUT2D eigenvalue weighted by molar-refractivity contribution is 7.88. The van der Waals surface area contributed by atoms with Crippen LogP contribution in [0.15, 0.2) is 176 Å². The summed E-state index contributed by atoms with van der Waals surface area (Å²) < 4.78 is 81.4. The van der Waals surface area contributed by atoms with Crippen LogP contribution in [0.1, 0.15) is 0 Å². The Bertz CT molecular complexity index is 3590. The monoisotopic (exact) mass is 814 g/mol. The summed E-state index contributed by atoms with van der Waals surface area (Å²) in [5.74, 6) is -0.393. The second-order valence-electron chi connectivity index (χ2n) is 14.4. The van der Waals surface area contributed by atoms with Crippen LogP contribution in [0, 0.1) is 0 Å². The Morgan fingerprint density at radius 3 is 1.53 bits per heavy atom. The van der Waals surface area contributed by atoms with Crippen LogP contribution in [0.25, 0.3) is 97.4 Å². The van der Waals surface area contributed by atoms with E-state index in [0.29, 0.717) is 16.5 Å². The zero-order valence-electron chi connectivity index (χ0n) is 30.8. The molecule has 3 aromatic heterocycles. The van der Waals surface area contributed by atoms with Gasteiger partial charge in [-0.15, -0.1) is 11.3 Å². The third-order valence-electron chi connectivity index (χ3n) is 11.1. The van der Waals surface area contributed by atoms with E-state index in [9.17, 15) is 21.6 Å². The Morgan fingerprint density at radius 2 is 0.949 bits per heavy atom. The van der Waals surface area contributed by atoms with Gasteiger partial charge in [-0.1, -0.05) is 103 Å². The van der Waals surface area contributed by atoms with Gasteiger partial charge in [-0.3, -0.25) is 0 Å². The summed E-state index contributed by atoms with van der Waals surface area (Å²) in [7, 11) is -6.14. The fourth-order valence-electron chi connectivity index (χ4n) is 8.58. The lowest BCUT2D eigenvalue weighted by Gasteiger charge is -2.19. The number of halogens is 3. The lowest BCUT2D eigenvalue weighted by Crippen LogP contribution is -2.28. The molecule has 3 heterocycles. The van der Waals surface area contributed by atoms with Crippen LogP contribution in [-0.2, 0) is 10.1 Å². The molecule has 0 unspecified atom stereocenters. The zero-order valence-corrected chi connectivity index (χ0v) is 32.4. The molecule has 0 radical (unpaired) electrons. The van der Waals surface area contributed by atoms with Crippen LogP contribution in [-0.4, -0.2) is 23.1 Å². The minimum absolute atomic E-state index is 0.220. The maximum absolute atomic E-state index is 14.5. The first-order valence-electron chi connectivity index (χ1n) is 18.8. The highest BCUT2D eigenvalue weighted by Crippen LogP contribution is 2.52. The van der Waals surface area contributed by atoms with Gasteiger partial charge in [0.25, 0.3) is 0 Å². The van der Waals surface area contributed by atoms with Crippen molar-refractivity contribution in [2.75, 3.05) is 0 Å². The number of rotatable bonds is 6. The average molecular weight is 815 g/mol. The second-order valence-corrected chi connectivity index (χ2v) is 17.0. The van der Waals surface area contributed by atoms with Gasteiger partial charge in [0.15, 0.2) is 5.75 Å². The van der Waals surface area contributed by atoms with Gasteiger partial charge in [-0.2, -0.15) is 21.6 Å². The molecule has 0 bridgehead atoms. The fraction of sp³-hybridized carbons (Fsp3) is 0.0204. The summed E-state index contributed by atoms with van der Waals surface area (Å²) in [6, 6.07) is 56.5. The smallest absolute Gasteiger partial charge is 0.375 e. The topological polar surface area (TPSA) is 53.2 Å². The van der Waals surface area contributed by atoms with Gasteiger partial charge in [0.05, 0.1) is 22.1 Å². The van der Waals surface area contributed by atoms with Crippen molar-refractivity contribution in [3.05, 3.63) is 176 Å². The number of fused-ring (bicyclic) bond motifs is 9. The number of thiophene rings is 1. The minimum atomic E-state index is -6.14. The SMILES string of the molecule is O=S(=O)(Oc1c(-c2ccc3c(c2)c2ccccc2n3-c2ccccc2)cc2sc3ccccc3c2c1-c1ccc2c(c1)c1ccccc1n2-c1ccccc1)C(F)(F)F. The summed E-state index contributed by atoms with van der Waals surface area (Å²) in [6.45, 7) is 0. The van der Waals surface area contributed by atoms with Crippen molar-refractivity contribution in [1.82, 2.24) is 9.13 Å². The summed E-state index contributed by atoms with van der Waals surface area (Å²) in [4.78, 5) is 0. The number of hydrogen-bond donors (Lipinski definition) is 0. The van der Waals surface area contributed by atoms with E-state index in [0.717, 1.165) is 69.8 Å². The maximum atomic E-state index is 14.5. The molecule has 0 fully saturated rings. The fourth-order valence-corrected chi connectivity index (χ4v) is 10.2. The molecule has 0 atom stereocenters. The van der Waals surface area contributed by atoms with Gasteiger partial charge in [-0.25, -0.2) is 0 Å². The van der Waals surface area contributed by atoms with Crippen molar-refractivity contribution in [3.63, 3.8) is 0 Å². The zero-order chi connectivity index (χ0) is 40.0. The Hall–Kier alpha value is -6.88. The third kappa shape index (κ3) is 5.47. The van der Waals surface area contributed by atoms with Gasteiger partial charge in [0.2, 0.25) is 0 Å². The molecule has 10 heteroatoms. The van der Waals surface area contributed by atoms with Crippen LogP contribution >= 0.6 is 11.3 Å². The molecule has 0 aliphatic rings. The molecule has 0 saturated carbocycles. The molecular weight excluding hydrogens is 786 g/mol. The van der Waals surface area contributed by atoms with Crippen LogP contribution in [0.5, 0.6) is 5.75 Å². The van der Waals surface area contributed by atoms with Crippen molar-refractivity contribution in [2.45, 2.75) is 5.51 Å². The first-order chi connectivity index (χ1) is 28.7. The largest absolute Gasteiger partial charge is 0.534 e. The van der Waals surface area contributed by atoms with E-state index in [4.69, 9.17) is 4.18 Å². The molecule has 0 amide bonds. The van der Waals surface area contributed by atoms with Gasteiger partial charge in [-0.05, 0) is 83.9 Å². The Kier molecular flexibility index (Phi) is 7.82. The number of benzene rings is 8. The molecular formula is C49H29F3N2O3S2. The molecule has 0 spiro atoms. The highest BCUT2D eigenvalue weighted by atomic mass is 32.2. The molecule has 0 aliphatic heterocycles. The quantitative estimate of drug-likeness (QED) is 0.124. The summed E-state index contributed by atoms with van der Waals surface area (Å²) in [6.07, 6.45) is 0. The number of nitrogens with zero attached hydrogens (tertiary/aromatic N) is 2. The van der Waals surface area contributed by atoms with E-state index < -0.39 is 21.4 Å². The average Bonchev–Trinajstić information content (AvgIpc) is 3.90. The number of hydrogen-bond acceptors (Lipinski definition) is 4. The molecule has 59 heavy (non-hydrogen) atoms. The number of aromatic nitrogens is 2. The first-order valence-corrected chi connectivity index (χ1v) is 21.1. The van der Waals surface area contributed by atoms with E-state index in [-0.39, 0.29) is 11.1 Å². The minimum Gasteiger partial charge on any atom is -0.375 e. The van der Waals surface area contributed by atoms with E-state index >= 15 is 0 Å². The number of alkyl halides is 3. The molecule has 11 rings (SSSR count). The van der Waals surface area contributed by atoms with Crippen molar-refractivity contribution in [3.8, 4) is 39.4 Å². The molecule has 0 N–H and O–H groups in total. The van der Waals surface area contributed by atoms with E-state index in [1.165, 1.54) is 11.3 Å². The number of para-hydroxylation sites is 4. The Balaban J connectivity index is 1.25. The van der Waals surface area contributed by atoms with Crippen molar-refractivity contribution >= 4 is 85.2 Å². The predicted molar refractivity (Wildman–Crippen MR) is 234 cm³/mol. The van der Waals surface area contributed by atoms with E-state index in [1.54, 1.807) is 6.07 Å². The van der Waals surface area contributed by atoms with Crippen molar-refractivity contribution < 1.29 is 25.8 Å². The second kappa shape index (κ2) is 13.1. The third-order valence-corrected chi connectivity index (χ3v) is 13.1.